The van der Waals surface area contributed by atoms with Crippen molar-refractivity contribution in [3.63, 3.8) is 0 Å². The van der Waals surface area contributed by atoms with Crippen LogP contribution in [0.5, 0.6) is 0 Å². The highest BCUT2D eigenvalue weighted by Gasteiger charge is 2.20. The fraction of sp³-hybridized carbons (Fsp3) is 0.667. The Morgan fingerprint density at radius 3 is 3.09 bits per heavy atom. The first-order chi connectivity index (χ1) is 5.20. The molecule has 4 nitrogen and oxygen atoms in total. The molecule has 62 valence electrons. The van der Waals surface area contributed by atoms with Gasteiger partial charge in [0.2, 0.25) is 11.8 Å². The third kappa shape index (κ3) is 2.42. The molecule has 2 amide bonds. The summed E-state index contributed by atoms with van der Waals surface area (Å²) in [5.74, 6) is 0.836. The van der Waals surface area contributed by atoms with Crippen molar-refractivity contribution in [1.29, 1.82) is 0 Å². The lowest BCUT2D eigenvalue weighted by Crippen LogP contribution is -2.44. The Labute approximate surface area is 68.9 Å². The van der Waals surface area contributed by atoms with Crippen molar-refractivity contribution in [3.8, 4) is 0 Å². The van der Waals surface area contributed by atoms with Crippen LogP contribution in [-0.2, 0) is 9.59 Å². The molecule has 0 unspecified atom stereocenters. The highest BCUT2D eigenvalue weighted by Crippen LogP contribution is 2.08. The van der Waals surface area contributed by atoms with E-state index in [9.17, 15) is 9.59 Å². The van der Waals surface area contributed by atoms with E-state index in [-0.39, 0.29) is 5.91 Å². The average molecular weight is 174 g/mol. The largest absolute Gasteiger partial charge is 0.368 e. The minimum Gasteiger partial charge on any atom is -0.368 e. The standard InChI is InChI=1S/C6H10N2O2S/c7-6(10)4-3-11-2-1-5(9)8-4/h4H,1-3H2,(H2,7,10)(H,8,9)/t4-/m1/s1. The Morgan fingerprint density at radius 1 is 1.73 bits per heavy atom. The molecular weight excluding hydrogens is 164 g/mol. The number of carbonyl (C=O) groups excluding carboxylic acids is 2. The van der Waals surface area contributed by atoms with Gasteiger partial charge < -0.3 is 11.1 Å². The van der Waals surface area contributed by atoms with Gasteiger partial charge in [-0.2, -0.15) is 11.8 Å². The third-order valence-electron chi connectivity index (χ3n) is 1.44. The normalized spacial score (nSPS) is 25.5. The second-order valence-electron chi connectivity index (χ2n) is 2.35. The maximum absolute atomic E-state index is 10.9. The van der Waals surface area contributed by atoms with Crippen molar-refractivity contribution in [2.45, 2.75) is 12.5 Å². The Morgan fingerprint density at radius 2 is 2.45 bits per heavy atom. The fourth-order valence-corrected chi connectivity index (χ4v) is 1.81. The minimum absolute atomic E-state index is 0.0844. The topological polar surface area (TPSA) is 72.2 Å². The molecule has 1 fully saturated rings. The van der Waals surface area contributed by atoms with Gasteiger partial charge in [0, 0.05) is 17.9 Å². The molecule has 0 aromatic carbocycles. The van der Waals surface area contributed by atoms with Gasteiger partial charge >= 0.3 is 0 Å². The summed E-state index contributed by atoms with van der Waals surface area (Å²) in [4.78, 5) is 21.5. The second-order valence-corrected chi connectivity index (χ2v) is 3.50. The van der Waals surface area contributed by atoms with Crippen LogP contribution in [0.2, 0.25) is 0 Å². The molecule has 0 radical (unpaired) electrons. The lowest BCUT2D eigenvalue weighted by atomic mass is 10.3. The van der Waals surface area contributed by atoms with Crippen molar-refractivity contribution >= 4 is 23.6 Å². The zero-order chi connectivity index (χ0) is 8.27. The quantitative estimate of drug-likeness (QED) is 0.540. The highest BCUT2D eigenvalue weighted by atomic mass is 32.2. The number of amides is 2. The third-order valence-corrected chi connectivity index (χ3v) is 2.50. The van der Waals surface area contributed by atoms with Crippen molar-refractivity contribution in [3.05, 3.63) is 0 Å². The van der Waals surface area contributed by atoms with Crippen molar-refractivity contribution in [1.82, 2.24) is 5.32 Å². The van der Waals surface area contributed by atoms with Crippen LogP contribution in [0.15, 0.2) is 0 Å². The van der Waals surface area contributed by atoms with E-state index in [2.05, 4.69) is 5.32 Å². The van der Waals surface area contributed by atoms with Crippen LogP contribution in [0.1, 0.15) is 6.42 Å². The fourth-order valence-electron chi connectivity index (χ4n) is 0.827. The number of nitrogens with one attached hydrogen (secondary N) is 1. The summed E-state index contributed by atoms with van der Waals surface area (Å²) >= 11 is 1.57. The minimum atomic E-state index is -0.477. The molecule has 0 bridgehead atoms. The molecule has 11 heavy (non-hydrogen) atoms. The molecule has 0 aromatic heterocycles. The zero-order valence-corrected chi connectivity index (χ0v) is 6.82. The van der Waals surface area contributed by atoms with E-state index in [1.54, 1.807) is 11.8 Å². The molecular formula is C6H10N2O2S. The average Bonchev–Trinajstić information content (AvgIpc) is 2.13. The van der Waals surface area contributed by atoms with Crippen molar-refractivity contribution < 1.29 is 9.59 Å². The van der Waals surface area contributed by atoms with Crippen LogP contribution >= 0.6 is 11.8 Å². The Bertz CT molecular complexity index is 183. The molecule has 1 saturated heterocycles. The van der Waals surface area contributed by atoms with Gasteiger partial charge in [0.25, 0.3) is 0 Å². The van der Waals surface area contributed by atoms with Gasteiger partial charge in [-0.1, -0.05) is 0 Å². The van der Waals surface area contributed by atoms with E-state index in [0.717, 1.165) is 5.75 Å². The summed E-state index contributed by atoms with van der Waals surface area (Å²) in [6.07, 6.45) is 0.481. The molecule has 0 aliphatic carbocycles. The van der Waals surface area contributed by atoms with Crippen molar-refractivity contribution in [2.24, 2.45) is 5.73 Å². The summed E-state index contributed by atoms with van der Waals surface area (Å²) in [6, 6.07) is -0.477. The number of thioether (sulfide) groups is 1. The first-order valence-electron chi connectivity index (χ1n) is 3.36. The number of hydrogen-bond donors (Lipinski definition) is 2. The summed E-state index contributed by atoms with van der Waals surface area (Å²) in [6.45, 7) is 0. The molecule has 5 heteroatoms. The van der Waals surface area contributed by atoms with Gasteiger partial charge in [0.1, 0.15) is 6.04 Å². The Hall–Kier alpha value is -0.710. The van der Waals surface area contributed by atoms with E-state index in [0.29, 0.717) is 12.2 Å². The van der Waals surface area contributed by atoms with Crippen LogP contribution < -0.4 is 11.1 Å². The molecule has 3 N–H and O–H groups in total. The van der Waals surface area contributed by atoms with E-state index in [4.69, 9.17) is 5.73 Å². The van der Waals surface area contributed by atoms with Gasteiger partial charge in [-0.15, -0.1) is 0 Å². The SMILES string of the molecule is NC(=O)[C@H]1CSCCC(=O)N1. The van der Waals surface area contributed by atoms with Crippen LogP contribution in [0.25, 0.3) is 0 Å². The van der Waals surface area contributed by atoms with E-state index in [1.807, 2.05) is 0 Å². The Kier molecular flexibility index (Phi) is 2.76. The van der Waals surface area contributed by atoms with Crippen LogP contribution in [0.3, 0.4) is 0 Å². The molecule has 1 aliphatic heterocycles. The highest BCUT2D eigenvalue weighted by molar-refractivity contribution is 7.99. The van der Waals surface area contributed by atoms with E-state index >= 15 is 0 Å². The number of rotatable bonds is 1. The molecule has 1 heterocycles. The Balaban J connectivity index is 2.52. The van der Waals surface area contributed by atoms with Gasteiger partial charge in [0.15, 0.2) is 0 Å². The summed E-state index contributed by atoms with van der Waals surface area (Å²) in [5, 5.41) is 2.54. The molecule has 0 aromatic rings. The summed E-state index contributed by atoms with van der Waals surface area (Å²) in [5.41, 5.74) is 5.03. The predicted molar refractivity (Wildman–Crippen MR) is 43.1 cm³/mol. The van der Waals surface area contributed by atoms with Gasteiger partial charge in [-0.25, -0.2) is 0 Å². The maximum Gasteiger partial charge on any atom is 0.240 e. The first-order valence-corrected chi connectivity index (χ1v) is 4.52. The van der Waals surface area contributed by atoms with E-state index in [1.165, 1.54) is 0 Å². The number of nitrogens with two attached hydrogens (primary N) is 1. The van der Waals surface area contributed by atoms with Gasteiger partial charge in [0.05, 0.1) is 0 Å². The molecule has 1 rings (SSSR count). The van der Waals surface area contributed by atoms with Gasteiger partial charge in [-0.3, -0.25) is 9.59 Å². The first kappa shape index (κ1) is 8.39. The maximum atomic E-state index is 10.9. The predicted octanol–water partition coefficient (Wildman–Crippen LogP) is -0.907. The zero-order valence-electron chi connectivity index (χ0n) is 6.00. The molecule has 0 saturated carbocycles. The van der Waals surface area contributed by atoms with Crippen LogP contribution in [-0.4, -0.2) is 29.4 Å². The monoisotopic (exact) mass is 174 g/mol. The smallest absolute Gasteiger partial charge is 0.240 e. The molecule has 0 spiro atoms. The number of carbonyl (C=O) groups is 2. The van der Waals surface area contributed by atoms with Gasteiger partial charge in [-0.05, 0) is 0 Å². The summed E-state index contributed by atoms with van der Waals surface area (Å²) in [7, 11) is 0. The van der Waals surface area contributed by atoms with Crippen LogP contribution in [0.4, 0.5) is 0 Å². The molecule has 1 aliphatic rings. The van der Waals surface area contributed by atoms with Crippen molar-refractivity contribution in [2.75, 3.05) is 11.5 Å². The van der Waals surface area contributed by atoms with E-state index < -0.39 is 11.9 Å². The number of hydrogen-bond acceptors (Lipinski definition) is 3. The lowest BCUT2D eigenvalue weighted by Gasteiger charge is -2.09. The lowest BCUT2D eigenvalue weighted by molar-refractivity contribution is -0.126. The van der Waals surface area contributed by atoms with Crippen LogP contribution in [0, 0.1) is 0 Å². The number of primary amides is 1. The second kappa shape index (κ2) is 3.61. The molecule has 1 atom stereocenters. The summed E-state index contributed by atoms with van der Waals surface area (Å²) < 4.78 is 0.